The standard InChI is InChI=1S/C11H23NO2S/c1-2-15(13,14)9-8-12-10-11-6-4-3-5-7-11/h11-12H,2-10H2,1H3. The second kappa shape index (κ2) is 6.48. The van der Waals surface area contributed by atoms with Crippen LogP contribution in [0.5, 0.6) is 0 Å². The van der Waals surface area contributed by atoms with Crippen molar-refractivity contribution >= 4 is 9.84 Å². The van der Waals surface area contributed by atoms with Crippen LogP contribution < -0.4 is 5.32 Å². The maximum atomic E-state index is 11.2. The molecule has 0 atom stereocenters. The lowest BCUT2D eigenvalue weighted by atomic mass is 9.89. The summed E-state index contributed by atoms with van der Waals surface area (Å²) in [7, 11) is -2.78. The molecular weight excluding hydrogens is 210 g/mol. The summed E-state index contributed by atoms with van der Waals surface area (Å²) in [5.41, 5.74) is 0. The van der Waals surface area contributed by atoms with Crippen LogP contribution in [0.25, 0.3) is 0 Å². The van der Waals surface area contributed by atoms with E-state index >= 15 is 0 Å². The van der Waals surface area contributed by atoms with E-state index in [1.165, 1.54) is 32.1 Å². The van der Waals surface area contributed by atoms with E-state index in [1.54, 1.807) is 6.92 Å². The fraction of sp³-hybridized carbons (Fsp3) is 1.00. The first-order chi connectivity index (χ1) is 7.14. The van der Waals surface area contributed by atoms with Crippen LogP contribution in [0.15, 0.2) is 0 Å². The van der Waals surface area contributed by atoms with Crippen molar-refractivity contribution in [2.45, 2.75) is 39.0 Å². The Hall–Kier alpha value is -0.0900. The van der Waals surface area contributed by atoms with Crippen LogP contribution in [0.4, 0.5) is 0 Å². The third-order valence-corrected chi connectivity index (χ3v) is 4.89. The molecule has 1 saturated carbocycles. The Morgan fingerprint density at radius 2 is 1.87 bits per heavy atom. The van der Waals surface area contributed by atoms with Gasteiger partial charge < -0.3 is 5.32 Å². The summed E-state index contributed by atoms with van der Waals surface area (Å²) < 4.78 is 22.4. The number of sulfone groups is 1. The zero-order valence-electron chi connectivity index (χ0n) is 9.67. The number of hydrogen-bond donors (Lipinski definition) is 1. The Labute approximate surface area is 93.6 Å². The lowest BCUT2D eigenvalue weighted by molar-refractivity contribution is 0.345. The van der Waals surface area contributed by atoms with E-state index in [-0.39, 0.29) is 11.5 Å². The first-order valence-corrected chi connectivity index (χ1v) is 7.87. The molecule has 0 aromatic rings. The molecule has 0 aromatic heterocycles. The molecule has 0 aliphatic heterocycles. The van der Waals surface area contributed by atoms with Crippen molar-refractivity contribution in [1.82, 2.24) is 5.32 Å². The van der Waals surface area contributed by atoms with Crippen LogP contribution in [0.3, 0.4) is 0 Å². The van der Waals surface area contributed by atoms with E-state index in [0.717, 1.165) is 12.5 Å². The average molecular weight is 233 g/mol. The molecule has 1 aliphatic rings. The highest BCUT2D eigenvalue weighted by molar-refractivity contribution is 7.91. The highest BCUT2D eigenvalue weighted by Gasteiger charge is 2.13. The minimum atomic E-state index is -2.78. The predicted octanol–water partition coefficient (Wildman–Crippen LogP) is 1.59. The zero-order valence-corrected chi connectivity index (χ0v) is 10.5. The summed E-state index contributed by atoms with van der Waals surface area (Å²) in [5.74, 6) is 1.33. The largest absolute Gasteiger partial charge is 0.315 e. The van der Waals surface area contributed by atoms with E-state index in [4.69, 9.17) is 0 Å². The van der Waals surface area contributed by atoms with Gasteiger partial charge in [0.25, 0.3) is 0 Å². The Bertz CT molecular complexity index is 256. The summed E-state index contributed by atoms with van der Waals surface area (Å²) in [4.78, 5) is 0. The summed E-state index contributed by atoms with van der Waals surface area (Å²) in [5, 5.41) is 3.27. The van der Waals surface area contributed by atoms with Gasteiger partial charge in [-0.1, -0.05) is 26.2 Å². The van der Waals surface area contributed by atoms with Crippen molar-refractivity contribution in [2.75, 3.05) is 24.6 Å². The molecule has 0 aromatic carbocycles. The summed E-state index contributed by atoms with van der Waals surface area (Å²) in [6, 6.07) is 0. The monoisotopic (exact) mass is 233 g/mol. The SMILES string of the molecule is CCS(=O)(=O)CCNCC1CCCCC1. The molecular formula is C11H23NO2S. The van der Waals surface area contributed by atoms with Crippen LogP contribution in [0, 0.1) is 5.92 Å². The maximum Gasteiger partial charge on any atom is 0.151 e. The van der Waals surface area contributed by atoms with Gasteiger partial charge in [0, 0.05) is 12.3 Å². The van der Waals surface area contributed by atoms with Gasteiger partial charge in [0.2, 0.25) is 0 Å². The van der Waals surface area contributed by atoms with Crippen LogP contribution in [-0.2, 0) is 9.84 Å². The molecule has 1 rings (SSSR count). The Morgan fingerprint density at radius 1 is 1.20 bits per heavy atom. The highest BCUT2D eigenvalue weighted by atomic mass is 32.2. The Balaban J connectivity index is 2.06. The van der Waals surface area contributed by atoms with Gasteiger partial charge in [-0.05, 0) is 25.3 Å². The van der Waals surface area contributed by atoms with Crippen molar-refractivity contribution in [3.8, 4) is 0 Å². The normalized spacial score (nSPS) is 19.3. The summed E-state index contributed by atoms with van der Waals surface area (Å²) in [6.45, 7) is 3.32. The van der Waals surface area contributed by atoms with Gasteiger partial charge in [-0.15, -0.1) is 0 Å². The van der Waals surface area contributed by atoms with Gasteiger partial charge in [-0.2, -0.15) is 0 Å². The topological polar surface area (TPSA) is 46.2 Å². The third kappa shape index (κ3) is 5.52. The Kier molecular flexibility index (Phi) is 5.61. The van der Waals surface area contributed by atoms with E-state index in [1.807, 2.05) is 0 Å². The van der Waals surface area contributed by atoms with Crippen molar-refractivity contribution in [3.05, 3.63) is 0 Å². The summed E-state index contributed by atoms with van der Waals surface area (Å²) in [6.07, 6.45) is 6.70. The van der Waals surface area contributed by atoms with Gasteiger partial charge in [0.15, 0.2) is 9.84 Å². The second-order valence-corrected chi connectivity index (χ2v) is 6.92. The molecule has 0 bridgehead atoms. The number of nitrogens with one attached hydrogen (secondary N) is 1. The van der Waals surface area contributed by atoms with Gasteiger partial charge >= 0.3 is 0 Å². The summed E-state index contributed by atoms with van der Waals surface area (Å²) >= 11 is 0. The molecule has 0 spiro atoms. The van der Waals surface area contributed by atoms with Gasteiger partial charge in [-0.3, -0.25) is 0 Å². The molecule has 0 saturated heterocycles. The van der Waals surface area contributed by atoms with Gasteiger partial charge in [-0.25, -0.2) is 8.42 Å². The molecule has 1 aliphatic carbocycles. The minimum Gasteiger partial charge on any atom is -0.315 e. The smallest absolute Gasteiger partial charge is 0.151 e. The van der Waals surface area contributed by atoms with Gasteiger partial charge in [0.05, 0.1) is 5.75 Å². The Morgan fingerprint density at radius 3 is 2.47 bits per heavy atom. The maximum absolute atomic E-state index is 11.2. The average Bonchev–Trinajstić information content (AvgIpc) is 2.26. The van der Waals surface area contributed by atoms with E-state index in [2.05, 4.69) is 5.32 Å². The molecule has 0 unspecified atom stereocenters. The predicted molar refractivity (Wildman–Crippen MR) is 63.8 cm³/mol. The lowest BCUT2D eigenvalue weighted by Gasteiger charge is -2.21. The molecule has 1 fully saturated rings. The zero-order chi connectivity index (χ0) is 11.1. The highest BCUT2D eigenvalue weighted by Crippen LogP contribution is 2.22. The van der Waals surface area contributed by atoms with Crippen molar-refractivity contribution in [1.29, 1.82) is 0 Å². The molecule has 0 heterocycles. The van der Waals surface area contributed by atoms with Crippen LogP contribution in [0.2, 0.25) is 0 Å². The minimum absolute atomic E-state index is 0.262. The van der Waals surface area contributed by atoms with Crippen molar-refractivity contribution in [2.24, 2.45) is 5.92 Å². The van der Waals surface area contributed by atoms with Crippen molar-refractivity contribution < 1.29 is 8.42 Å². The first kappa shape index (κ1) is 13.0. The van der Waals surface area contributed by atoms with E-state index in [9.17, 15) is 8.42 Å². The third-order valence-electron chi connectivity index (χ3n) is 3.19. The van der Waals surface area contributed by atoms with E-state index < -0.39 is 9.84 Å². The lowest BCUT2D eigenvalue weighted by Crippen LogP contribution is -2.29. The quantitative estimate of drug-likeness (QED) is 0.709. The molecule has 15 heavy (non-hydrogen) atoms. The van der Waals surface area contributed by atoms with E-state index in [0.29, 0.717) is 6.54 Å². The fourth-order valence-electron chi connectivity index (χ4n) is 2.07. The second-order valence-electron chi connectivity index (χ2n) is 4.44. The van der Waals surface area contributed by atoms with Crippen LogP contribution >= 0.6 is 0 Å². The first-order valence-electron chi connectivity index (χ1n) is 6.05. The molecule has 90 valence electrons. The molecule has 1 N–H and O–H groups in total. The molecule has 0 radical (unpaired) electrons. The van der Waals surface area contributed by atoms with Crippen LogP contribution in [-0.4, -0.2) is 33.0 Å². The molecule has 3 nitrogen and oxygen atoms in total. The fourth-order valence-corrected chi connectivity index (χ4v) is 2.81. The molecule has 0 amide bonds. The molecule has 4 heteroatoms. The number of hydrogen-bond acceptors (Lipinski definition) is 3. The van der Waals surface area contributed by atoms with Crippen LogP contribution in [0.1, 0.15) is 39.0 Å². The van der Waals surface area contributed by atoms with Gasteiger partial charge in [0.1, 0.15) is 0 Å². The van der Waals surface area contributed by atoms with Crippen molar-refractivity contribution in [3.63, 3.8) is 0 Å². The number of rotatable bonds is 6.